The molecule has 0 saturated heterocycles. The first kappa shape index (κ1) is 11.0. The zero-order valence-corrected chi connectivity index (χ0v) is 9.01. The summed E-state index contributed by atoms with van der Waals surface area (Å²) in [5.41, 5.74) is 0.413. The number of nitriles is 1. The number of thioether (sulfide) groups is 1. The van der Waals surface area contributed by atoms with E-state index in [1.165, 1.54) is 0 Å². The lowest BCUT2D eigenvalue weighted by Gasteiger charge is -2.20. The zero-order valence-electron chi connectivity index (χ0n) is 8.19. The van der Waals surface area contributed by atoms with Crippen LogP contribution in [0, 0.1) is 11.3 Å². The Bertz CT molecular complexity index is 340. The fraction of sp³-hybridized carbons (Fsp3) is 0.400. The highest BCUT2D eigenvalue weighted by Gasteiger charge is 2.17. The second-order valence-corrected chi connectivity index (χ2v) is 5.29. The van der Waals surface area contributed by atoms with E-state index in [9.17, 15) is 0 Å². The van der Waals surface area contributed by atoms with E-state index in [-0.39, 0.29) is 11.4 Å². The Balaban J connectivity index is 2.75. The van der Waals surface area contributed by atoms with Gasteiger partial charge >= 0.3 is 0 Å². The largest absolute Gasteiger partial charge is 0.395 e. The summed E-state index contributed by atoms with van der Waals surface area (Å²) < 4.78 is -0.212. The second-order valence-electron chi connectivity index (χ2n) is 3.51. The maximum absolute atomic E-state index is 9.06. The number of nitrogens with zero attached hydrogens (tertiary/aromatic N) is 2. The fourth-order valence-corrected chi connectivity index (χ4v) is 1.80. The maximum atomic E-state index is 9.06. The Hall–Kier alpha value is -1.05. The highest BCUT2D eigenvalue weighted by atomic mass is 32.2. The summed E-state index contributed by atoms with van der Waals surface area (Å²) in [6, 6.07) is 5.48. The number of aliphatic hydroxyl groups excluding tert-OH is 1. The first-order valence-electron chi connectivity index (χ1n) is 4.23. The molecular formula is C10H12N2OS. The molecule has 0 radical (unpaired) electrons. The molecular weight excluding hydrogens is 196 g/mol. The van der Waals surface area contributed by atoms with Crippen molar-refractivity contribution in [1.82, 2.24) is 4.98 Å². The molecule has 0 amide bonds. The predicted molar refractivity (Wildman–Crippen MR) is 56.0 cm³/mol. The second kappa shape index (κ2) is 4.45. The fourth-order valence-electron chi connectivity index (χ4n) is 0.858. The average Bonchev–Trinajstić information content (AvgIpc) is 2.19. The summed E-state index contributed by atoms with van der Waals surface area (Å²) in [6.45, 7) is 4.02. The molecule has 1 N–H and O–H groups in total. The molecule has 3 nitrogen and oxygen atoms in total. The van der Waals surface area contributed by atoms with Crippen LogP contribution in [0.1, 0.15) is 19.5 Å². The van der Waals surface area contributed by atoms with E-state index in [0.29, 0.717) is 5.69 Å². The molecule has 0 aromatic carbocycles. The molecule has 1 aromatic heterocycles. The minimum Gasteiger partial charge on any atom is -0.395 e. The van der Waals surface area contributed by atoms with Gasteiger partial charge in [-0.05, 0) is 26.0 Å². The van der Waals surface area contributed by atoms with Crippen LogP contribution in [0.2, 0.25) is 0 Å². The molecule has 0 fully saturated rings. The number of hydrogen-bond acceptors (Lipinski definition) is 4. The topological polar surface area (TPSA) is 56.9 Å². The molecule has 0 saturated carbocycles. The summed E-state index contributed by atoms with van der Waals surface area (Å²) in [7, 11) is 0. The van der Waals surface area contributed by atoms with Gasteiger partial charge in [-0.1, -0.05) is 0 Å². The Morgan fingerprint density at radius 3 is 2.71 bits per heavy atom. The smallest absolute Gasteiger partial charge is 0.140 e. The van der Waals surface area contributed by atoms with Gasteiger partial charge in [0, 0.05) is 15.8 Å². The van der Waals surface area contributed by atoms with E-state index in [1.54, 1.807) is 24.0 Å². The molecule has 0 spiro atoms. The molecule has 0 atom stereocenters. The van der Waals surface area contributed by atoms with Crippen LogP contribution >= 0.6 is 11.8 Å². The van der Waals surface area contributed by atoms with E-state index < -0.39 is 0 Å². The minimum atomic E-state index is -0.212. The third-order valence-electron chi connectivity index (χ3n) is 1.63. The Morgan fingerprint density at radius 2 is 2.29 bits per heavy atom. The standard InChI is InChI=1S/C10H12N2OS/c1-10(2,7-13)14-9-4-3-8(5-11)12-6-9/h3-4,6,13H,7H2,1-2H3. The predicted octanol–water partition coefficient (Wildman–Crippen LogP) is 1.82. The van der Waals surface area contributed by atoms with Gasteiger partial charge in [-0.3, -0.25) is 0 Å². The van der Waals surface area contributed by atoms with E-state index >= 15 is 0 Å². The van der Waals surface area contributed by atoms with Crippen molar-refractivity contribution >= 4 is 11.8 Å². The van der Waals surface area contributed by atoms with Crippen molar-refractivity contribution in [1.29, 1.82) is 5.26 Å². The van der Waals surface area contributed by atoms with Gasteiger partial charge in [-0.2, -0.15) is 5.26 Å². The molecule has 1 aromatic rings. The van der Waals surface area contributed by atoms with Gasteiger partial charge in [0.25, 0.3) is 0 Å². The normalized spacial score (nSPS) is 11.0. The average molecular weight is 208 g/mol. The molecule has 74 valence electrons. The van der Waals surface area contributed by atoms with Gasteiger partial charge in [0.1, 0.15) is 11.8 Å². The highest BCUT2D eigenvalue weighted by Crippen LogP contribution is 2.31. The van der Waals surface area contributed by atoms with Crippen molar-refractivity contribution in [2.24, 2.45) is 0 Å². The van der Waals surface area contributed by atoms with E-state index in [1.807, 2.05) is 26.0 Å². The van der Waals surface area contributed by atoms with Crippen LogP contribution in [0.3, 0.4) is 0 Å². The summed E-state index contributed by atoms with van der Waals surface area (Å²) in [6.07, 6.45) is 1.65. The van der Waals surface area contributed by atoms with Gasteiger partial charge in [0.05, 0.1) is 6.61 Å². The zero-order chi connectivity index (χ0) is 10.6. The molecule has 0 unspecified atom stereocenters. The van der Waals surface area contributed by atoms with Crippen LogP contribution in [-0.4, -0.2) is 21.4 Å². The molecule has 0 bridgehead atoms. The van der Waals surface area contributed by atoms with Crippen LogP contribution in [0.15, 0.2) is 23.2 Å². The van der Waals surface area contributed by atoms with E-state index in [4.69, 9.17) is 10.4 Å². The molecule has 1 heterocycles. The third-order valence-corrected chi connectivity index (χ3v) is 2.78. The van der Waals surface area contributed by atoms with Crippen LogP contribution in [0.25, 0.3) is 0 Å². The van der Waals surface area contributed by atoms with E-state index in [2.05, 4.69) is 4.98 Å². The number of aliphatic hydroxyl groups is 1. The maximum Gasteiger partial charge on any atom is 0.140 e. The van der Waals surface area contributed by atoms with Crippen molar-refractivity contribution in [2.45, 2.75) is 23.5 Å². The van der Waals surface area contributed by atoms with Gasteiger partial charge in [-0.15, -0.1) is 11.8 Å². The van der Waals surface area contributed by atoms with Crippen LogP contribution in [0.5, 0.6) is 0 Å². The number of rotatable bonds is 3. The quantitative estimate of drug-likeness (QED) is 0.770. The van der Waals surface area contributed by atoms with Crippen LogP contribution in [-0.2, 0) is 0 Å². The van der Waals surface area contributed by atoms with Gasteiger partial charge in [-0.25, -0.2) is 4.98 Å². The van der Waals surface area contributed by atoms with Gasteiger partial charge in [0.2, 0.25) is 0 Å². The SMILES string of the molecule is CC(C)(CO)Sc1ccc(C#N)nc1. The first-order chi connectivity index (χ1) is 6.57. The molecule has 0 aliphatic carbocycles. The lowest BCUT2D eigenvalue weighted by atomic mass is 10.2. The summed E-state index contributed by atoms with van der Waals surface area (Å²) in [5.74, 6) is 0. The molecule has 4 heteroatoms. The van der Waals surface area contributed by atoms with Crippen molar-refractivity contribution in [3.8, 4) is 6.07 Å². The first-order valence-corrected chi connectivity index (χ1v) is 5.05. The summed E-state index contributed by atoms with van der Waals surface area (Å²) in [4.78, 5) is 4.91. The number of pyridine rings is 1. The van der Waals surface area contributed by atoms with Crippen molar-refractivity contribution in [2.75, 3.05) is 6.61 Å². The molecule has 0 aliphatic heterocycles. The monoisotopic (exact) mass is 208 g/mol. The van der Waals surface area contributed by atoms with Crippen molar-refractivity contribution in [3.05, 3.63) is 24.0 Å². The highest BCUT2D eigenvalue weighted by molar-refractivity contribution is 8.00. The Kier molecular flexibility index (Phi) is 3.50. The summed E-state index contributed by atoms with van der Waals surface area (Å²) in [5, 5.41) is 17.6. The van der Waals surface area contributed by atoms with Crippen molar-refractivity contribution in [3.63, 3.8) is 0 Å². The molecule has 0 aliphatic rings. The minimum absolute atomic E-state index is 0.109. The molecule has 14 heavy (non-hydrogen) atoms. The van der Waals surface area contributed by atoms with Crippen LogP contribution < -0.4 is 0 Å². The van der Waals surface area contributed by atoms with Crippen molar-refractivity contribution < 1.29 is 5.11 Å². The van der Waals surface area contributed by atoms with Gasteiger partial charge in [0.15, 0.2) is 0 Å². The lowest BCUT2D eigenvalue weighted by Crippen LogP contribution is -2.19. The Morgan fingerprint density at radius 1 is 1.57 bits per heavy atom. The lowest BCUT2D eigenvalue weighted by molar-refractivity contribution is 0.265. The third kappa shape index (κ3) is 3.02. The summed E-state index contributed by atoms with van der Waals surface area (Å²) >= 11 is 1.54. The van der Waals surface area contributed by atoms with E-state index in [0.717, 1.165) is 4.90 Å². The number of hydrogen-bond donors (Lipinski definition) is 1. The molecule has 1 rings (SSSR count). The Labute approximate surface area is 87.8 Å². The number of aromatic nitrogens is 1. The van der Waals surface area contributed by atoms with Gasteiger partial charge < -0.3 is 5.11 Å². The van der Waals surface area contributed by atoms with Crippen LogP contribution in [0.4, 0.5) is 0 Å².